The van der Waals surface area contributed by atoms with Crippen LogP contribution in [0.15, 0.2) is 42.0 Å². The molecule has 0 saturated carbocycles. The molecule has 0 aliphatic rings. The number of thiophene rings is 1. The maximum Gasteiger partial charge on any atom is 0.326 e. The van der Waals surface area contributed by atoms with Crippen LogP contribution in [0.25, 0.3) is 21.3 Å². The van der Waals surface area contributed by atoms with Gasteiger partial charge in [-0.2, -0.15) is 0 Å². The number of hydrogen-bond acceptors (Lipinski definition) is 5. The molecule has 124 valence electrons. The fourth-order valence-corrected chi connectivity index (χ4v) is 3.59. The molecule has 0 spiro atoms. The molecule has 3 rings (SSSR count). The Hall–Kier alpha value is -2.47. The van der Waals surface area contributed by atoms with Crippen molar-refractivity contribution in [1.82, 2.24) is 9.97 Å². The van der Waals surface area contributed by atoms with Gasteiger partial charge in [0.15, 0.2) is 0 Å². The zero-order chi connectivity index (χ0) is 17.1. The number of carboxylic acid groups (broad SMARTS) is 1. The summed E-state index contributed by atoms with van der Waals surface area (Å²) in [6.07, 6.45) is 2.01. The molecule has 0 bridgehead atoms. The van der Waals surface area contributed by atoms with Gasteiger partial charge < -0.3 is 10.4 Å². The number of fused-ring (bicyclic) bond motifs is 1. The quantitative estimate of drug-likeness (QED) is 0.700. The lowest BCUT2D eigenvalue weighted by Gasteiger charge is -2.17. The van der Waals surface area contributed by atoms with Gasteiger partial charge in [-0.1, -0.05) is 44.2 Å². The lowest BCUT2D eigenvalue weighted by Crippen LogP contribution is -2.31. The van der Waals surface area contributed by atoms with E-state index in [-0.39, 0.29) is 5.92 Å². The highest BCUT2D eigenvalue weighted by molar-refractivity contribution is 7.17. The first-order valence-corrected chi connectivity index (χ1v) is 8.71. The van der Waals surface area contributed by atoms with Gasteiger partial charge in [-0.05, 0) is 17.9 Å². The van der Waals surface area contributed by atoms with E-state index in [1.54, 1.807) is 0 Å². The Balaban J connectivity index is 2.05. The number of anilines is 1. The van der Waals surface area contributed by atoms with E-state index in [0.717, 1.165) is 21.3 Å². The van der Waals surface area contributed by atoms with Crippen molar-refractivity contribution >= 4 is 33.3 Å². The second-order valence-corrected chi connectivity index (χ2v) is 6.94. The molecule has 1 atom stereocenters. The van der Waals surface area contributed by atoms with Crippen LogP contribution in [0.5, 0.6) is 0 Å². The second-order valence-electron chi connectivity index (χ2n) is 6.08. The number of nitrogens with zero attached hydrogens (tertiary/aromatic N) is 2. The van der Waals surface area contributed by atoms with E-state index < -0.39 is 12.0 Å². The van der Waals surface area contributed by atoms with Crippen molar-refractivity contribution in [2.45, 2.75) is 26.3 Å². The van der Waals surface area contributed by atoms with Gasteiger partial charge in [0, 0.05) is 10.9 Å². The van der Waals surface area contributed by atoms with E-state index in [2.05, 4.69) is 15.3 Å². The van der Waals surface area contributed by atoms with Crippen LogP contribution >= 0.6 is 11.3 Å². The topological polar surface area (TPSA) is 75.1 Å². The zero-order valence-electron chi connectivity index (χ0n) is 13.6. The lowest BCUT2D eigenvalue weighted by atomic mass is 10.0. The van der Waals surface area contributed by atoms with E-state index >= 15 is 0 Å². The van der Waals surface area contributed by atoms with Crippen LogP contribution in [0, 0.1) is 5.92 Å². The first-order valence-electron chi connectivity index (χ1n) is 7.83. The minimum absolute atomic E-state index is 0.270. The number of nitrogens with one attached hydrogen (secondary N) is 1. The fraction of sp³-hybridized carbons (Fsp3) is 0.278. The number of carboxylic acids is 1. The summed E-state index contributed by atoms with van der Waals surface area (Å²) in [5, 5.41) is 15.5. The summed E-state index contributed by atoms with van der Waals surface area (Å²) in [4.78, 5) is 21.0. The summed E-state index contributed by atoms with van der Waals surface area (Å²) in [5.74, 6) is -0.0212. The van der Waals surface area contributed by atoms with Crippen LogP contribution in [0.3, 0.4) is 0 Å². The van der Waals surface area contributed by atoms with E-state index in [9.17, 15) is 9.90 Å². The number of aromatic nitrogens is 2. The third-order valence-corrected chi connectivity index (χ3v) is 4.66. The van der Waals surface area contributed by atoms with Crippen LogP contribution in [0.2, 0.25) is 0 Å². The molecule has 1 aromatic carbocycles. The van der Waals surface area contributed by atoms with Crippen molar-refractivity contribution in [3.05, 3.63) is 42.0 Å². The Bertz CT molecular complexity index is 846. The molecule has 0 unspecified atom stereocenters. The van der Waals surface area contributed by atoms with E-state index in [1.165, 1.54) is 17.7 Å². The molecule has 0 aliphatic heterocycles. The maximum absolute atomic E-state index is 11.6. The Morgan fingerprint density at radius 2 is 2.00 bits per heavy atom. The van der Waals surface area contributed by atoms with E-state index in [0.29, 0.717) is 12.2 Å². The highest BCUT2D eigenvalue weighted by Crippen LogP contribution is 2.36. The molecule has 3 aromatic rings. The standard InChI is InChI=1S/C18H19N3O2S/c1-11(2)8-14(18(22)23)21-16-15-13(12-6-4-3-5-7-12)9-24-17(15)20-10-19-16/h3-7,9-11,14H,8H2,1-2H3,(H,22,23)(H,19,20,21)/t14-/m1/s1. The van der Waals surface area contributed by atoms with Crippen molar-refractivity contribution in [2.75, 3.05) is 5.32 Å². The van der Waals surface area contributed by atoms with Gasteiger partial charge in [-0.3, -0.25) is 0 Å². The van der Waals surface area contributed by atoms with Crippen LogP contribution < -0.4 is 5.32 Å². The summed E-state index contributed by atoms with van der Waals surface area (Å²) < 4.78 is 0. The summed E-state index contributed by atoms with van der Waals surface area (Å²) in [7, 11) is 0. The van der Waals surface area contributed by atoms with Crippen molar-refractivity contribution in [2.24, 2.45) is 5.92 Å². The molecule has 2 aromatic heterocycles. The minimum Gasteiger partial charge on any atom is -0.480 e. The molecule has 2 N–H and O–H groups in total. The van der Waals surface area contributed by atoms with Gasteiger partial charge in [0.1, 0.15) is 23.0 Å². The van der Waals surface area contributed by atoms with Crippen molar-refractivity contribution in [3.63, 3.8) is 0 Å². The maximum atomic E-state index is 11.6. The first kappa shape index (κ1) is 16.4. The van der Waals surface area contributed by atoms with Crippen molar-refractivity contribution in [1.29, 1.82) is 0 Å². The first-order chi connectivity index (χ1) is 11.6. The second kappa shape index (κ2) is 6.97. The smallest absolute Gasteiger partial charge is 0.326 e. The Kier molecular flexibility index (Phi) is 4.76. The van der Waals surface area contributed by atoms with Crippen LogP contribution in [-0.4, -0.2) is 27.1 Å². The molecular weight excluding hydrogens is 322 g/mol. The van der Waals surface area contributed by atoms with Gasteiger partial charge in [-0.15, -0.1) is 11.3 Å². The molecule has 0 saturated heterocycles. The monoisotopic (exact) mass is 341 g/mol. The van der Waals surface area contributed by atoms with Crippen LogP contribution in [0.1, 0.15) is 20.3 Å². The SMILES string of the molecule is CC(C)C[C@@H](Nc1ncnc2scc(-c3ccccc3)c12)C(=O)O. The highest BCUT2D eigenvalue weighted by atomic mass is 32.1. The molecule has 2 heterocycles. The number of aliphatic carboxylic acids is 1. The van der Waals surface area contributed by atoms with E-state index in [1.807, 2.05) is 49.6 Å². The predicted molar refractivity (Wildman–Crippen MR) is 97.4 cm³/mol. The molecule has 0 aliphatic carbocycles. The van der Waals surface area contributed by atoms with Gasteiger partial charge >= 0.3 is 5.97 Å². The van der Waals surface area contributed by atoms with Gasteiger partial charge in [0.2, 0.25) is 0 Å². The average molecular weight is 341 g/mol. The Labute approximate surface area is 144 Å². The summed E-state index contributed by atoms with van der Waals surface area (Å²) in [6.45, 7) is 4.01. The zero-order valence-corrected chi connectivity index (χ0v) is 14.4. The lowest BCUT2D eigenvalue weighted by molar-refractivity contribution is -0.138. The van der Waals surface area contributed by atoms with Crippen LogP contribution in [0.4, 0.5) is 5.82 Å². The molecule has 5 nitrogen and oxygen atoms in total. The molecule has 0 radical (unpaired) electrons. The summed E-state index contributed by atoms with van der Waals surface area (Å²) in [5.41, 5.74) is 2.09. The normalized spacial score (nSPS) is 12.5. The number of rotatable bonds is 6. The molecular formula is C18H19N3O2S. The molecule has 0 fully saturated rings. The number of carbonyl (C=O) groups is 1. The third-order valence-electron chi connectivity index (χ3n) is 3.77. The van der Waals surface area contributed by atoms with E-state index in [4.69, 9.17) is 0 Å². The number of hydrogen-bond donors (Lipinski definition) is 2. The van der Waals surface area contributed by atoms with Gasteiger partial charge in [0.25, 0.3) is 0 Å². The summed E-state index contributed by atoms with van der Waals surface area (Å²) >= 11 is 1.53. The largest absolute Gasteiger partial charge is 0.480 e. The number of benzene rings is 1. The van der Waals surface area contributed by atoms with Gasteiger partial charge in [-0.25, -0.2) is 14.8 Å². The Morgan fingerprint density at radius 3 is 2.67 bits per heavy atom. The average Bonchev–Trinajstić information content (AvgIpc) is 2.99. The molecule has 6 heteroatoms. The summed E-state index contributed by atoms with van der Waals surface area (Å²) in [6, 6.07) is 9.31. The minimum atomic E-state index is -0.869. The molecule has 0 amide bonds. The predicted octanol–water partition coefficient (Wildman–Crippen LogP) is 4.27. The van der Waals surface area contributed by atoms with Crippen molar-refractivity contribution in [3.8, 4) is 11.1 Å². The van der Waals surface area contributed by atoms with Crippen molar-refractivity contribution < 1.29 is 9.90 Å². The Morgan fingerprint density at radius 1 is 1.25 bits per heavy atom. The fourth-order valence-electron chi connectivity index (χ4n) is 2.67. The van der Waals surface area contributed by atoms with Crippen LogP contribution in [-0.2, 0) is 4.79 Å². The highest BCUT2D eigenvalue weighted by Gasteiger charge is 2.21. The van der Waals surface area contributed by atoms with Gasteiger partial charge in [0.05, 0.1) is 5.39 Å². The molecule has 24 heavy (non-hydrogen) atoms. The third kappa shape index (κ3) is 3.38.